The van der Waals surface area contributed by atoms with Gasteiger partial charge in [-0.05, 0) is 49.3 Å². The highest BCUT2D eigenvalue weighted by Crippen LogP contribution is 2.27. The van der Waals surface area contributed by atoms with E-state index in [1.807, 2.05) is 19.2 Å². The fraction of sp³-hybridized carbons (Fsp3) is 0.647. The summed E-state index contributed by atoms with van der Waals surface area (Å²) >= 11 is 0. The predicted octanol–water partition coefficient (Wildman–Crippen LogP) is 4.42. The third-order valence-corrected chi connectivity index (χ3v) is 3.48. The minimum absolute atomic E-state index is 0.0915. The van der Waals surface area contributed by atoms with Crippen LogP contribution in [0, 0.1) is 17.2 Å². The van der Waals surface area contributed by atoms with Gasteiger partial charge in [-0.1, -0.05) is 45.9 Å². The van der Waals surface area contributed by atoms with E-state index in [9.17, 15) is 4.39 Å². The fourth-order valence-electron chi connectivity index (χ4n) is 2.85. The smallest absolute Gasteiger partial charge is 0.126 e. The van der Waals surface area contributed by atoms with Gasteiger partial charge in [0, 0.05) is 6.04 Å². The van der Waals surface area contributed by atoms with Crippen LogP contribution < -0.4 is 5.32 Å². The highest BCUT2D eigenvalue weighted by Gasteiger charge is 2.19. The Hall–Kier alpha value is -0.890. The molecule has 0 fully saturated rings. The van der Waals surface area contributed by atoms with Crippen molar-refractivity contribution in [2.45, 2.75) is 53.0 Å². The Bertz CT molecular complexity index is 381. The lowest BCUT2D eigenvalue weighted by Gasteiger charge is -2.26. The summed E-state index contributed by atoms with van der Waals surface area (Å²) in [5.41, 5.74) is 1.17. The van der Waals surface area contributed by atoms with E-state index >= 15 is 0 Å². The molecule has 0 aromatic heterocycles. The van der Waals surface area contributed by atoms with E-state index in [1.54, 1.807) is 12.1 Å². The van der Waals surface area contributed by atoms with E-state index in [2.05, 4.69) is 33.0 Å². The molecule has 0 bridgehead atoms. The van der Waals surface area contributed by atoms with Crippen LogP contribution in [0.5, 0.6) is 0 Å². The molecule has 1 rings (SSSR count). The van der Waals surface area contributed by atoms with Gasteiger partial charge < -0.3 is 5.32 Å². The molecule has 1 aromatic rings. The molecule has 0 saturated heterocycles. The molecule has 2 unspecified atom stereocenters. The van der Waals surface area contributed by atoms with Gasteiger partial charge in [-0.25, -0.2) is 4.39 Å². The van der Waals surface area contributed by atoms with E-state index in [1.165, 1.54) is 6.42 Å². The minimum Gasteiger partial charge on any atom is -0.317 e. The molecule has 0 aliphatic heterocycles. The number of nitrogens with one attached hydrogen (secondary N) is 1. The molecule has 108 valence electrons. The standard InChI is InChI=1S/C17H28FN/c1-13(12-17(2,3)4)10-15(19-5)11-14-8-6-7-9-16(14)18/h6-9,13,15,19H,10-12H2,1-5H3. The summed E-state index contributed by atoms with van der Waals surface area (Å²) in [5, 5.41) is 3.33. The second kappa shape index (κ2) is 7.04. The van der Waals surface area contributed by atoms with E-state index in [4.69, 9.17) is 0 Å². The quantitative estimate of drug-likeness (QED) is 0.803. The van der Waals surface area contributed by atoms with Crippen molar-refractivity contribution in [3.63, 3.8) is 0 Å². The predicted molar refractivity (Wildman–Crippen MR) is 80.8 cm³/mol. The van der Waals surface area contributed by atoms with Gasteiger partial charge in [-0.3, -0.25) is 0 Å². The summed E-state index contributed by atoms with van der Waals surface area (Å²) in [6.45, 7) is 9.11. The summed E-state index contributed by atoms with van der Waals surface area (Å²) in [6, 6.07) is 7.42. The number of rotatable bonds is 6. The third kappa shape index (κ3) is 6.20. The lowest BCUT2D eigenvalue weighted by Crippen LogP contribution is -2.30. The third-order valence-electron chi connectivity index (χ3n) is 3.48. The second-order valence-electron chi connectivity index (χ2n) is 6.89. The molecule has 1 nitrogen and oxygen atoms in total. The summed E-state index contributed by atoms with van der Waals surface area (Å²) in [4.78, 5) is 0. The van der Waals surface area contributed by atoms with Crippen LogP contribution in [0.4, 0.5) is 4.39 Å². The molecular weight excluding hydrogens is 237 g/mol. The second-order valence-corrected chi connectivity index (χ2v) is 6.89. The van der Waals surface area contributed by atoms with Gasteiger partial charge in [0.25, 0.3) is 0 Å². The Kier molecular flexibility index (Phi) is 5.99. The summed E-state index contributed by atoms with van der Waals surface area (Å²) in [5.74, 6) is 0.551. The molecule has 0 aliphatic rings. The zero-order valence-electron chi connectivity index (χ0n) is 13.0. The average Bonchev–Trinajstić information content (AvgIpc) is 2.28. The molecule has 0 radical (unpaired) electrons. The van der Waals surface area contributed by atoms with Gasteiger partial charge in [0.2, 0.25) is 0 Å². The maximum absolute atomic E-state index is 13.7. The Balaban J connectivity index is 2.57. The van der Waals surface area contributed by atoms with Gasteiger partial charge in [0.1, 0.15) is 5.82 Å². The van der Waals surface area contributed by atoms with E-state index in [0.29, 0.717) is 17.4 Å². The Morgan fingerprint density at radius 1 is 1.21 bits per heavy atom. The zero-order valence-corrected chi connectivity index (χ0v) is 13.0. The summed E-state index contributed by atoms with van der Waals surface area (Å²) < 4.78 is 13.7. The van der Waals surface area contributed by atoms with Gasteiger partial charge >= 0.3 is 0 Å². The van der Waals surface area contributed by atoms with Crippen LogP contribution in [0.1, 0.15) is 46.1 Å². The van der Waals surface area contributed by atoms with Crippen LogP contribution in [0.2, 0.25) is 0 Å². The monoisotopic (exact) mass is 265 g/mol. The van der Waals surface area contributed by atoms with Crippen molar-refractivity contribution in [1.29, 1.82) is 0 Å². The molecule has 0 amide bonds. The Morgan fingerprint density at radius 2 is 1.84 bits per heavy atom. The molecule has 19 heavy (non-hydrogen) atoms. The van der Waals surface area contributed by atoms with Crippen molar-refractivity contribution in [2.24, 2.45) is 11.3 Å². The van der Waals surface area contributed by atoms with Crippen LogP contribution in [0.3, 0.4) is 0 Å². The molecule has 1 N–H and O–H groups in total. The maximum Gasteiger partial charge on any atom is 0.126 e. The zero-order chi connectivity index (χ0) is 14.5. The van der Waals surface area contributed by atoms with Gasteiger partial charge in [0.15, 0.2) is 0 Å². The molecule has 0 aliphatic carbocycles. The number of likely N-dealkylation sites (N-methyl/N-ethyl adjacent to an activating group) is 1. The van der Waals surface area contributed by atoms with Crippen LogP contribution in [-0.4, -0.2) is 13.1 Å². The van der Waals surface area contributed by atoms with E-state index in [0.717, 1.165) is 18.4 Å². The first-order valence-corrected chi connectivity index (χ1v) is 7.22. The van der Waals surface area contributed by atoms with Crippen LogP contribution in [0.25, 0.3) is 0 Å². The molecule has 0 saturated carbocycles. The fourth-order valence-corrected chi connectivity index (χ4v) is 2.85. The number of hydrogen-bond acceptors (Lipinski definition) is 1. The highest BCUT2D eigenvalue weighted by atomic mass is 19.1. The summed E-state index contributed by atoms with van der Waals surface area (Å²) in [7, 11) is 1.97. The maximum atomic E-state index is 13.7. The van der Waals surface area contributed by atoms with Crippen molar-refractivity contribution < 1.29 is 4.39 Å². The van der Waals surface area contributed by atoms with Crippen LogP contribution in [-0.2, 0) is 6.42 Å². The van der Waals surface area contributed by atoms with Gasteiger partial charge in [0.05, 0.1) is 0 Å². The first kappa shape index (κ1) is 16.2. The molecule has 2 heteroatoms. The van der Waals surface area contributed by atoms with Gasteiger partial charge in [-0.15, -0.1) is 0 Å². The Morgan fingerprint density at radius 3 is 2.37 bits per heavy atom. The van der Waals surface area contributed by atoms with Crippen molar-refractivity contribution in [2.75, 3.05) is 7.05 Å². The van der Waals surface area contributed by atoms with Crippen LogP contribution in [0.15, 0.2) is 24.3 Å². The lowest BCUT2D eigenvalue weighted by atomic mass is 9.82. The first-order chi connectivity index (χ1) is 8.81. The lowest BCUT2D eigenvalue weighted by molar-refractivity contribution is 0.277. The number of halogens is 1. The minimum atomic E-state index is -0.0915. The molecular formula is C17H28FN. The SMILES string of the molecule is CNC(Cc1ccccc1F)CC(C)CC(C)(C)C. The van der Waals surface area contributed by atoms with Crippen molar-refractivity contribution >= 4 is 0 Å². The molecule has 0 heterocycles. The molecule has 1 aromatic carbocycles. The molecule has 0 spiro atoms. The molecule has 2 atom stereocenters. The summed E-state index contributed by atoms with van der Waals surface area (Å²) in [6.07, 6.45) is 3.04. The normalized spacial score (nSPS) is 15.3. The highest BCUT2D eigenvalue weighted by molar-refractivity contribution is 5.18. The van der Waals surface area contributed by atoms with Crippen molar-refractivity contribution in [3.05, 3.63) is 35.6 Å². The Labute approximate surface area is 117 Å². The van der Waals surface area contributed by atoms with Crippen molar-refractivity contribution in [3.8, 4) is 0 Å². The van der Waals surface area contributed by atoms with E-state index < -0.39 is 0 Å². The topological polar surface area (TPSA) is 12.0 Å². The van der Waals surface area contributed by atoms with E-state index in [-0.39, 0.29) is 5.82 Å². The number of hydrogen-bond donors (Lipinski definition) is 1. The van der Waals surface area contributed by atoms with Crippen LogP contribution >= 0.6 is 0 Å². The average molecular weight is 265 g/mol. The first-order valence-electron chi connectivity index (χ1n) is 7.22. The van der Waals surface area contributed by atoms with Crippen molar-refractivity contribution in [1.82, 2.24) is 5.32 Å². The van der Waals surface area contributed by atoms with Gasteiger partial charge in [-0.2, -0.15) is 0 Å². The number of benzene rings is 1. The largest absolute Gasteiger partial charge is 0.317 e.